The number of halogens is 1. The first-order valence-electron chi connectivity index (χ1n) is 5.81. The van der Waals surface area contributed by atoms with Crippen molar-refractivity contribution in [1.29, 1.82) is 0 Å². The van der Waals surface area contributed by atoms with Gasteiger partial charge in [0.25, 0.3) is 0 Å². The number of para-hydroxylation sites is 1. The predicted molar refractivity (Wildman–Crippen MR) is 68.4 cm³/mol. The molecule has 0 saturated carbocycles. The van der Waals surface area contributed by atoms with Gasteiger partial charge in [-0.05, 0) is 25.0 Å². The maximum Gasteiger partial charge on any atom is 0.245 e. The van der Waals surface area contributed by atoms with Gasteiger partial charge in [0.15, 0.2) is 0 Å². The fraction of sp³-hybridized carbons (Fsp3) is 0.417. The van der Waals surface area contributed by atoms with E-state index in [9.17, 15) is 0 Å². The van der Waals surface area contributed by atoms with Crippen LogP contribution in [0.5, 0.6) is 0 Å². The molecule has 17 heavy (non-hydrogen) atoms. The van der Waals surface area contributed by atoms with E-state index in [1.165, 1.54) is 0 Å². The number of fused-ring (bicyclic) bond motifs is 1. The van der Waals surface area contributed by atoms with Crippen LogP contribution >= 0.6 is 11.6 Å². The van der Waals surface area contributed by atoms with Crippen molar-refractivity contribution in [2.45, 2.75) is 18.2 Å². The van der Waals surface area contributed by atoms with Crippen LogP contribution < -0.4 is 4.90 Å². The first kappa shape index (κ1) is 10.7. The van der Waals surface area contributed by atoms with Gasteiger partial charge in [0.1, 0.15) is 5.52 Å². The Morgan fingerprint density at radius 2 is 1.76 bits per heavy atom. The molecule has 1 saturated heterocycles. The van der Waals surface area contributed by atoms with Crippen LogP contribution in [0.1, 0.15) is 12.8 Å². The summed E-state index contributed by atoms with van der Waals surface area (Å²) in [5.74, 6) is 0.715. The Balaban J connectivity index is 1.90. The Morgan fingerprint density at radius 3 is 2.53 bits per heavy atom. The summed E-state index contributed by atoms with van der Waals surface area (Å²) in [5, 5.41) is 8.66. The van der Waals surface area contributed by atoms with Gasteiger partial charge in [0.2, 0.25) is 5.95 Å². The lowest BCUT2D eigenvalue weighted by molar-refractivity contribution is 0.573. The fourth-order valence-electron chi connectivity index (χ4n) is 2.05. The number of nitrogens with zero attached hydrogens (tertiary/aromatic N) is 4. The van der Waals surface area contributed by atoms with Gasteiger partial charge >= 0.3 is 0 Å². The van der Waals surface area contributed by atoms with E-state index in [2.05, 4.69) is 20.1 Å². The van der Waals surface area contributed by atoms with Crippen LogP contribution in [0.25, 0.3) is 11.0 Å². The molecule has 0 unspecified atom stereocenters. The molecular formula is C12H13ClN4. The minimum atomic E-state index is 0.291. The van der Waals surface area contributed by atoms with Crippen molar-refractivity contribution in [2.24, 2.45) is 0 Å². The summed E-state index contributed by atoms with van der Waals surface area (Å²) < 4.78 is 0. The fourth-order valence-corrected chi connectivity index (χ4v) is 2.25. The van der Waals surface area contributed by atoms with Crippen molar-refractivity contribution in [3.05, 3.63) is 24.3 Å². The van der Waals surface area contributed by atoms with Crippen molar-refractivity contribution in [1.82, 2.24) is 15.2 Å². The Bertz CT molecular complexity index is 523. The second-order valence-corrected chi connectivity index (χ2v) is 4.88. The molecule has 0 N–H and O–H groups in total. The molecule has 5 heteroatoms. The van der Waals surface area contributed by atoms with E-state index in [1.54, 1.807) is 0 Å². The molecule has 0 atom stereocenters. The van der Waals surface area contributed by atoms with Gasteiger partial charge in [-0.15, -0.1) is 21.8 Å². The smallest absolute Gasteiger partial charge is 0.245 e. The lowest BCUT2D eigenvalue weighted by Crippen LogP contribution is -2.35. The van der Waals surface area contributed by atoms with E-state index in [0.29, 0.717) is 11.3 Å². The SMILES string of the molecule is ClC1CCN(c2nnc3ccccc3n2)CC1. The van der Waals surface area contributed by atoms with Crippen LogP contribution in [-0.2, 0) is 0 Å². The van der Waals surface area contributed by atoms with E-state index in [-0.39, 0.29) is 0 Å². The highest BCUT2D eigenvalue weighted by atomic mass is 35.5. The van der Waals surface area contributed by atoms with Crippen LogP contribution in [0.4, 0.5) is 5.95 Å². The number of piperidine rings is 1. The predicted octanol–water partition coefficient (Wildman–Crippen LogP) is 2.23. The molecule has 2 heterocycles. The number of alkyl halides is 1. The molecule has 0 aliphatic carbocycles. The molecule has 2 aromatic rings. The van der Waals surface area contributed by atoms with E-state index >= 15 is 0 Å². The quantitative estimate of drug-likeness (QED) is 0.726. The number of rotatable bonds is 1. The van der Waals surface area contributed by atoms with Crippen molar-refractivity contribution >= 4 is 28.6 Å². The lowest BCUT2D eigenvalue weighted by atomic mass is 10.1. The molecule has 4 nitrogen and oxygen atoms in total. The third kappa shape index (κ3) is 2.17. The van der Waals surface area contributed by atoms with E-state index in [0.717, 1.165) is 37.0 Å². The maximum atomic E-state index is 6.08. The van der Waals surface area contributed by atoms with Crippen molar-refractivity contribution in [3.8, 4) is 0 Å². The van der Waals surface area contributed by atoms with Crippen molar-refractivity contribution in [2.75, 3.05) is 18.0 Å². The largest absolute Gasteiger partial charge is 0.339 e. The third-order valence-electron chi connectivity index (χ3n) is 3.06. The zero-order valence-electron chi connectivity index (χ0n) is 9.38. The van der Waals surface area contributed by atoms with E-state index in [1.807, 2.05) is 24.3 Å². The Kier molecular flexibility index (Phi) is 2.81. The molecule has 1 aromatic carbocycles. The average Bonchev–Trinajstić information content (AvgIpc) is 2.39. The minimum Gasteiger partial charge on any atom is -0.339 e. The summed E-state index contributed by atoms with van der Waals surface area (Å²) >= 11 is 6.08. The highest BCUT2D eigenvalue weighted by Gasteiger charge is 2.19. The van der Waals surface area contributed by atoms with Gasteiger partial charge in [0, 0.05) is 18.5 Å². The standard InChI is InChI=1S/C12H13ClN4/c13-9-5-7-17(8-6-9)12-14-10-3-1-2-4-11(10)15-16-12/h1-4,9H,5-8H2. The van der Waals surface area contributed by atoms with Crippen molar-refractivity contribution < 1.29 is 0 Å². The molecule has 1 aromatic heterocycles. The average molecular weight is 249 g/mol. The molecule has 0 bridgehead atoms. The summed E-state index contributed by atoms with van der Waals surface area (Å²) in [5.41, 5.74) is 1.73. The van der Waals surface area contributed by atoms with Crippen LogP contribution in [0, 0.1) is 0 Å². The van der Waals surface area contributed by atoms with Crippen molar-refractivity contribution in [3.63, 3.8) is 0 Å². The first-order valence-corrected chi connectivity index (χ1v) is 6.25. The summed E-state index contributed by atoms with van der Waals surface area (Å²) in [6.07, 6.45) is 1.97. The second-order valence-electron chi connectivity index (χ2n) is 4.26. The highest BCUT2D eigenvalue weighted by Crippen LogP contribution is 2.20. The lowest BCUT2D eigenvalue weighted by Gasteiger charge is -2.28. The molecular weight excluding hydrogens is 236 g/mol. The summed E-state index contributed by atoms with van der Waals surface area (Å²) in [4.78, 5) is 6.68. The number of hydrogen-bond acceptors (Lipinski definition) is 4. The van der Waals surface area contributed by atoms with Gasteiger partial charge in [0.05, 0.1) is 5.52 Å². The normalized spacial score (nSPS) is 17.6. The summed E-state index contributed by atoms with van der Waals surface area (Å²) in [7, 11) is 0. The van der Waals surface area contributed by atoms with E-state index < -0.39 is 0 Å². The number of aromatic nitrogens is 3. The topological polar surface area (TPSA) is 41.9 Å². The highest BCUT2D eigenvalue weighted by molar-refractivity contribution is 6.20. The summed E-state index contributed by atoms with van der Waals surface area (Å²) in [6.45, 7) is 1.82. The molecule has 3 rings (SSSR count). The summed E-state index contributed by atoms with van der Waals surface area (Å²) in [6, 6.07) is 7.79. The Hall–Kier alpha value is -1.42. The number of hydrogen-bond donors (Lipinski definition) is 0. The molecule has 0 radical (unpaired) electrons. The first-order chi connectivity index (χ1) is 8.33. The zero-order chi connectivity index (χ0) is 11.7. The zero-order valence-corrected chi connectivity index (χ0v) is 10.1. The molecule has 0 amide bonds. The van der Waals surface area contributed by atoms with Crippen LogP contribution in [0.3, 0.4) is 0 Å². The molecule has 0 spiro atoms. The molecule has 1 aliphatic rings. The maximum absolute atomic E-state index is 6.08. The Morgan fingerprint density at radius 1 is 1.06 bits per heavy atom. The molecule has 1 aliphatic heterocycles. The van der Waals surface area contributed by atoms with Crippen LogP contribution in [-0.4, -0.2) is 33.6 Å². The molecule has 88 valence electrons. The number of anilines is 1. The van der Waals surface area contributed by atoms with Crippen LogP contribution in [0.2, 0.25) is 0 Å². The van der Waals surface area contributed by atoms with Gasteiger partial charge in [-0.25, -0.2) is 4.98 Å². The third-order valence-corrected chi connectivity index (χ3v) is 3.49. The van der Waals surface area contributed by atoms with Crippen LogP contribution in [0.15, 0.2) is 24.3 Å². The van der Waals surface area contributed by atoms with Gasteiger partial charge in [-0.1, -0.05) is 12.1 Å². The number of benzene rings is 1. The van der Waals surface area contributed by atoms with E-state index in [4.69, 9.17) is 11.6 Å². The van der Waals surface area contributed by atoms with Gasteiger partial charge in [-0.3, -0.25) is 0 Å². The Labute approximate surface area is 105 Å². The minimum absolute atomic E-state index is 0.291. The second kappa shape index (κ2) is 4.45. The van der Waals surface area contributed by atoms with Gasteiger partial charge < -0.3 is 4.90 Å². The molecule has 1 fully saturated rings. The monoisotopic (exact) mass is 248 g/mol. The van der Waals surface area contributed by atoms with Gasteiger partial charge in [-0.2, -0.15) is 0 Å².